The molecule has 0 bridgehead atoms. The average Bonchev–Trinajstić information content (AvgIpc) is 2.32. The predicted molar refractivity (Wildman–Crippen MR) is 63.6 cm³/mol. The molecule has 0 aliphatic heterocycles. The molecule has 0 aromatic heterocycles. The van der Waals surface area contributed by atoms with Gasteiger partial charge < -0.3 is 9.84 Å². The number of ether oxygens (including phenoxy) is 1. The number of aryl methyl sites for hydroxylation is 1. The van der Waals surface area contributed by atoms with Crippen LogP contribution in [0.2, 0.25) is 0 Å². The number of rotatable bonds is 3. The van der Waals surface area contributed by atoms with Crippen molar-refractivity contribution >= 4 is 0 Å². The highest BCUT2D eigenvalue weighted by molar-refractivity contribution is 5.35. The van der Waals surface area contributed by atoms with Gasteiger partial charge in [-0.3, -0.25) is 0 Å². The lowest BCUT2D eigenvalue weighted by Crippen LogP contribution is -1.97. The van der Waals surface area contributed by atoms with Gasteiger partial charge in [0.15, 0.2) is 11.6 Å². The van der Waals surface area contributed by atoms with E-state index in [1.807, 2.05) is 13.0 Å². The van der Waals surface area contributed by atoms with Crippen molar-refractivity contribution in [3.05, 3.63) is 59.4 Å². The second-order valence-corrected chi connectivity index (χ2v) is 3.84. The number of phenols is 1. The van der Waals surface area contributed by atoms with Crippen LogP contribution in [0.1, 0.15) is 11.1 Å². The van der Waals surface area contributed by atoms with Crippen LogP contribution in [-0.4, -0.2) is 5.11 Å². The van der Waals surface area contributed by atoms with Gasteiger partial charge in [-0.25, -0.2) is 4.39 Å². The van der Waals surface area contributed by atoms with Crippen molar-refractivity contribution < 1.29 is 14.2 Å². The standard InChI is InChI=1S/C14H13FO2/c1-10-6-7-11(8-13(10)16)9-17-14-5-3-2-4-12(14)15/h2-8,16H,9H2,1H3. The van der Waals surface area contributed by atoms with E-state index >= 15 is 0 Å². The number of aromatic hydroxyl groups is 1. The summed E-state index contributed by atoms with van der Waals surface area (Å²) in [5.74, 6) is 0.0519. The maximum atomic E-state index is 13.3. The SMILES string of the molecule is Cc1ccc(COc2ccccc2F)cc1O. The largest absolute Gasteiger partial charge is 0.508 e. The van der Waals surface area contributed by atoms with Crippen molar-refractivity contribution in [2.24, 2.45) is 0 Å². The molecule has 0 amide bonds. The van der Waals surface area contributed by atoms with Crippen molar-refractivity contribution in [3.63, 3.8) is 0 Å². The lowest BCUT2D eigenvalue weighted by Gasteiger charge is -2.08. The number of benzene rings is 2. The second-order valence-electron chi connectivity index (χ2n) is 3.84. The molecule has 2 aromatic rings. The molecule has 0 atom stereocenters. The van der Waals surface area contributed by atoms with Crippen LogP contribution < -0.4 is 4.74 Å². The number of para-hydroxylation sites is 1. The van der Waals surface area contributed by atoms with Gasteiger partial charge in [0, 0.05) is 0 Å². The Balaban J connectivity index is 2.08. The average molecular weight is 232 g/mol. The fraction of sp³-hybridized carbons (Fsp3) is 0.143. The fourth-order valence-corrected chi connectivity index (χ4v) is 1.47. The van der Waals surface area contributed by atoms with Crippen molar-refractivity contribution in [3.8, 4) is 11.5 Å². The molecule has 2 aromatic carbocycles. The minimum atomic E-state index is -0.385. The molecule has 0 saturated heterocycles. The first kappa shape index (κ1) is 11.5. The van der Waals surface area contributed by atoms with Crippen LogP contribution in [-0.2, 0) is 6.61 Å². The third-order valence-electron chi connectivity index (χ3n) is 2.50. The van der Waals surface area contributed by atoms with Gasteiger partial charge >= 0.3 is 0 Å². The van der Waals surface area contributed by atoms with Gasteiger partial charge in [-0.05, 0) is 36.2 Å². The highest BCUT2D eigenvalue weighted by atomic mass is 19.1. The summed E-state index contributed by atoms with van der Waals surface area (Å²) in [6.45, 7) is 2.05. The van der Waals surface area contributed by atoms with Crippen LogP contribution in [0.25, 0.3) is 0 Å². The molecule has 0 radical (unpaired) electrons. The van der Waals surface area contributed by atoms with Crippen LogP contribution in [0, 0.1) is 12.7 Å². The number of hydrogen-bond acceptors (Lipinski definition) is 2. The van der Waals surface area contributed by atoms with E-state index in [9.17, 15) is 9.50 Å². The van der Waals surface area contributed by atoms with Crippen LogP contribution in [0.3, 0.4) is 0 Å². The molecule has 0 saturated carbocycles. The van der Waals surface area contributed by atoms with E-state index < -0.39 is 0 Å². The van der Waals surface area contributed by atoms with Crippen molar-refractivity contribution in [1.29, 1.82) is 0 Å². The topological polar surface area (TPSA) is 29.5 Å². The molecule has 2 rings (SSSR count). The third-order valence-corrected chi connectivity index (χ3v) is 2.50. The summed E-state index contributed by atoms with van der Waals surface area (Å²) in [4.78, 5) is 0. The van der Waals surface area contributed by atoms with Gasteiger partial charge in [0.25, 0.3) is 0 Å². The highest BCUT2D eigenvalue weighted by Gasteiger charge is 2.03. The van der Waals surface area contributed by atoms with Gasteiger partial charge in [-0.1, -0.05) is 24.3 Å². The van der Waals surface area contributed by atoms with Crippen LogP contribution in [0.5, 0.6) is 11.5 Å². The maximum absolute atomic E-state index is 13.3. The molecule has 0 fully saturated rings. The van der Waals surface area contributed by atoms with Crippen molar-refractivity contribution in [2.45, 2.75) is 13.5 Å². The monoisotopic (exact) mass is 232 g/mol. The molecule has 0 spiro atoms. The van der Waals surface area contributed by atoms with Gasteiger partial charge in [-0.2, -0.15) is 0 Å². The second kappa shape index (κ2) is 4.87. The number of hydrogen-bond donors (Lipinski definition) is 1. The Kier molecular flexibility index (Phi) is 3.28. The molecule has 0 aliphatic carbocycles. The quantitative estimate of drug-likeness (QED) is 0.878. The zero-order chi connectivity index (χ0) is 12.3. The van der Waals surface area contributed by atoms with Crippen LogP contribution >= 0.6 is 0 Å². The molecule has 0 aliphatic rings. The zero-order valence-electron chi connectivity index (χ0n) is 9.48. The molecule has 88 valence electrons. The summed E-state index contributed by atoms with van der Waals surface area (Å²) in [6.07, 6.45) is 0. The summed E-state index contributed by atoms with van der Waals surface area (Å²) in [5.41, 5.74) is 1.61. The minimum absolute atomic E-state index is 0.215. The number of halogens is 1. The van der Waals surface area contributed by atoms with E-state index in [0.29, 0.717) is 0 Å². The summed E-state index contributed by atoms with van der Waals surface area (Å²) in [5, 5.41) is 9.52. The zero-order valence-corrected chi connectivity index (χ0v) is 9.48. The van der Waals surface area contributed by atoms with E-state index in [4.69, 9.17) is 4.74 Å². The summed E-state index contributed by atoms with van der Waals surface area (Å²) in [6, 6.07) is 11.5. The third kappa shape index (κ3) is 2.75. The van der Waals surface area contributed by atoms with Crippen LogP contribution in [0.15, 0.2) is 42.5 Å². The molecule has 3 heteroatoms. The Hall–Kier alpha value is -2.03. The molecular formula is C14H13FO2. The first-order chi connectivity index (χ1) is 8.16. The molecule has 0 unspecified atom stereocenters. The normalized spacial score (nSPS) is 10.2. The lowest BCUT2D eigenvalue weighted by atomic mass is 10.1. The summed E-state index contributed by atoms with van der Waals surface area (Å²) < 4.78 is 18.6. The summed E-state index contributed by atoms with van der Waals surface area (Å²) >= 11 is 0. The van der Waals surface area contributed by atoms with E-state index in [1.54, 1.807) is 30.3 Å². The van der Waals surface area contributed by atoms with Crippen LogP contribution in [0.4, 0.5) is 4.39 Å². The Morgan fingerprint density at radius 3 is 2.65 bits per heavy atom. The van der Waals surface area contributed by atoms with E-state index in [2.05, 4.69) is 0 Å². The number of phenolic OH excluding ortho intramolecular Hbond substituents is 1. The smallest absolute Gasteiger partial charge is 0.165 e. The molecule has 1 N–H and O–H groups in total. The molecule has 0 heterocycles. The van der Waals surface area contributed by atoms with Gasteiger partial charge in [0.1, 0.15) is 12.4 Å². The first-order valence-corrected chi connectivity index (χ1v) is 5.32. The highest BCUT2D eigenvalue weighted by Crippen LogP contribution is 2.20. The summed E-state index contributed by atoms with van der Waals surface area (Å²) in [7, 11) is 0. The predicted octanol–water partition coefficient (Wildman–Crippen LogP) is 3.42. The Labute approximate surface area is 99.3 Å². The Bertz CT molecular complexity index is 523. The maximum Gasteiger partial charge on any atom is 0.165 e. The fourth-order valence-electron chi connectivity index (χ4n) is 1.47. The Morgan fingerprint density at radius 2 is 1.94 bits per heavy atom. The van der Waals surface area contributed by atoms with Gasteiger partial charge in [0.2, 0.25) is 0 Å². The van der Waals surface area contributed by atoms with Crippen molar-refractivity contribution in [1.82, 2.24) is 0 Å². The Morgan fingerprint density at radius 1 is 1.18 bits per heavy atom. The first-order valence-electron chi connectivity index (χ1n) is 5.32. The van der Waals surface area contributed by atoms with E-state index in [0.717, 1.165) is 11.1 Å². The van der Waals surface area contributed by atoms with E-state index in [1.165, 1.54) is 6.07 Å². The van der Waals surface area contributed by atoms with Gasteiger partial charge in [0.05, 0.1) is 0 Å². The molecular weight excluding hydrogens is 219 g/mol. The molecule has 17 heavy (non-hydrogen) atoms. The minimum Gasteiger partial charge on any atom is -0.508 e. The van der Waals surface area contributed by atoms with E-state index in [-0.39, 0.29) is 23.9 Å². The lowest BCUT2D eigenvalue weighted by molar-refractivity contribution is 0.289. The van der Waals surface area contributed by atoms with Crippen molar-refractivity contribution in [2.75, 3.05) is 0 Å². The molecule has 2 nitrogen and oxygen atoms in total. The van der Waals surface area contributed by atoms with Gasteiger partial charge in [-0.15, -0.1) is 0 Å².